The number of nitrogens with zero attached hydrogens (tertiary/aromatic N) is 2. The Balaban J connectivity index is 1.68. The van der Waals surface area contributed by atoms with Gasteiger partial charge in [-0.15, -0.1) is 5.10 Å². The molecule has 1 saturated carbocycles. The molecular formula is C9H14N4OS. The predicted octanol–water partition coefficient (Wildman–Crippen LogP) is 1.01. The Bertz CT molecular complexity index is 308. The van der Waals surface area contributed by atoms with Crippen molar-refractivity contribution >= 4 is 22.4 Å². The van der Waals surface area contributed by atoms with E-state index in [1.54, 1.807) is 6.20 Å². The van der Waals surface area contributed by atoms with Crippen molar-refractivity contribution in [2.75, 3.05) is 11.9 Å². The average molecular weight is 226 g/mol. The number of anilines is 1. The van der Waals surface area contributed by atoms with E-state index in [2.05, 4.69) is 20.2 Å². The van der Waals surface area contributed by atoms with Gasteiger partial charge < -0.3 is 10.6 Å². The summed E-state index contributed by atoms with van der Waals surface area (Å²) in [5.41, 5.74) is 0. The van der Waals surface area contributed by atoms with E-state index in [0.717, 1.165) is 0 Å². The van der Waals surface area contributed by atoms with E-state index >= 15 is 0 Å². The van der Waals surface area contributed by atoms with Crippen LogP contribution < -0.4 is 10.6 Å². The third kappa shape index (κ3) is 3.24. The highest BCUT2D eigenvalue weighted by Gasteiger charge is 2.15. The Hall–Kier alpha value is -1.01. The maximum Gasteiger partial charge on any atom is 0.239 e. The number of amides is 1. The summed E-state index contributed by atoms with van der Waals surface area (Å²) in [5.74, 6) is -0.0204. The molecule has 1 fully saturated rings. The predicted molar refractivity (Wildman–Crippen MR) is 58.8 cm³/mol. The second-order valence-corrected chi connectivity index (χ2v) is 4.48. The van der Waals surface area contributed by atoms with E-state index in [9.17, 15) is 4.79 Å². The topological polar surface area (TPSA) is 66.9 Å². The number of hydrogen-bond acceptors (Lipinski definition) is 5. The molecule has 0 unspecified atom stereocenters. The van der Waals surface area contributed by atoms with Crippen molar-refractivity contribution in [3.8, 4) is 0 Å². The van der Waals surface area contributed by atoms with Crippen LogP contribution in [0.15, 0.2) is 6.20 Å². The van der Waals surface area contributed by atoms with Gasteiger partial charge in [-0.05, 0) is 12.8 Å². The number of hydrogen-bond donors (Lipinski definition) is 2. The minimum absolute atomic E-state index is 0.0204. The molecule has 5 nitrogen and oxygen atoms in total. The zero-order valence-electron chi connectivity index (χ0n) is 8.40. The number of carbonyl (C=O) groups is 1. The summed E-state index contributed by atoms with van der Waals surface area (Å²) in [5, 5.41) is 10.3. The van der Waals surface area contributed by atoms with Gasteiger partial charge in [-0.25, -0.2) is 0 Å². The highest BCUT2D eigenvalue weighted by Crippen LogP contribution is 2.17. The molecule has 82 valence electrons. The Morgan fingerprint density at radius 3 is 3.00 bits per heavy atom. The first-order valence-electron chi connectivity index (χ1n) is 5.15. The van der Waals surface area contributed by atoms with E-state index in [4.69, 9.17) is 0 Å². The number of carbonyl (C=O) groups excluding carboxylic acids is 1. The zero-order valence-corrected chi connectivity index (χ0v) is 9.22. The summed E-state index contributed by atoms with van der Waals surface area (Å²) in [4.78, 5) is 11.4. The van der Waals surface area contributed by atoms with E-state index in [1.807, 2.05) is 0 Å². The fraction of sp³-hybridized carbons (Fsp3) is 0.667. The molecule has 0 radical (unpaired) electrons. The Kier molecular flexibility index (Phi) is 3.63. The summed E-state index contributed by atoms with van der Waals surface area (Å²) in [6.07, 6.45) is 6.49. The van der Waals surface area contributed by atoms with Crippen LogP contribution >= 0.6 is 11.5 Å². The minimum Gasteiger partial charge on any atom is -0.314 e. The molecule has 15 heavy (non-hydrogen) atoms. The van der Waals surface area contributed by atoms with Crippen molar-refractivity contribution in [2.24, 2.45) is 0 Å². The van der Waals surface area contributed by atoms with Crippen molar-refractivity contribution in [3.05, 3.63) is 6.20 Å². The fourth-order valence-electron chi connectivity index (χ4n) is 1.77. The molecule has 1 aromatic rings. The van der Waals surface area contributed by atoms with Gasteiger partial charge >= 0.3 is 0 Å². The first-order chi connectivity index (χ1) is 7.34. The van der Waals surface area contributed by atoms with Gasteiger partial charge in [-0.2, -0.15) is 0 Å². The standard InChI is InChI=1S/C9H14N4OS/c14-8(12-9-6-11-13-15-9)5-10-7-3-1-2-4-7/h6-7,10H,1-5H2,(H,12,14). The maximum absolute atomic E-state index is 11.4. The Labute approximate surface area is 92.4 Å². The summed E-state index contributed by atoms with van der Waals surface area (Å²) in [6, 6.07) is 0.523. The lowest BCUT2D eigenvalue weighted by Crippen LogP contribution is -2.34. The highest BCUT2D eigenvalue weighted by molar-refractivity contribution is 7.10. The first kappa shape index (κ1) is 10.5. The van der Waals surface area contributed by atoms with Crippen LogP contribution in [0, 0.1) is 0 Å². The lowest BCUT2D eigenvalue weighted by molar-refractivity contribution is -0.115. The normalized spacial score (nSPS) is 16.8. The largest absolute Gasteiger partial charge is 0.314 e. The summed E-state index contributed by atoms with van der Waals surface area (Å²) in [7, 11) is 0. The lowest BCUT2D eigenvalue weighted by atomic mass is 10.2. The monoisotopic (exact) mass is 226 g/mol. The van der Waals surface area contributed by atoms with Gasteiger partial charge in [0.1, 0.15) is 5.00 Å². The maximum atomic E-state index is 11.4. The summed E-state index contributed by atoms with van der Waals surface area (Å²) < 4.78 is 3.67. The van der Waals surface area contributed by atoms with Crippen molar-refractivity contribution < 1.29 is 4.79 Å². The van der Waals surface area contributed by atoms with Crippen LogP contribution in [-0.2, 0) is 4.79 Å². The summed E-state index contributed by atoms with van der Waals surface area (Å²) >= 11 is 1.19. The molecule has 0 aromatic carbocycles. The number of aromatic nitrogens is 2. The SMILES string of the molecule is O=C(CNC1CCCC1)Nc1cnns1. The molecule has 6 heteroatoms. The van der Waals surface area contributed by atoms with Gasteiger partial charge in [-0.1, -0.05) is 17.3 Å². The highest BCUT2D eigenvalue weighted by atomic mass is 32.1. The van der Waals surface area contributed by atoms with Crippen molar-refractivity contribution in [1.29, 1.82) is 0 Å². The van der Waals surface area contributed by atoms with E-state index in [0.29, 0.717) is 17.6 Å². The molecule has 1 aliphatic carbocycles. The molecule has 0 atom stereocenters. The summed E-state index contributed by atoms with van der Waals surface area (Å²) in [6.45, 7) is 0.378. The average Bonchev–Trinajstić information content (AvgIpc) is 2.86. The van der Waals surface area contributed by atoms with Crippen LogP contribution in [0.4, 0.5) is 5.00 Å². The Morgan fingerprint density at radius 1 is 1.53 bits per heavy atom. The second-order valence-electron chi connectivity index (χ2n) is 3.69. The van der Waals surface area contributed by atoms with Crippen LogP contribution in [-0.4, -0.2) is 28.1 Å². The fourth-order valence-corrected chi connectivity index (χ4v) is 2.21. The van der Waals surface area contributed by atoms with Gasteiger partial charge in [0.05, 0.1) is 12.7 Å². The van der Waals surface area contributed by atoms with E-state index in [1.165, 1.54) is 37.2 Å². The van der Waals surface area contributed by atoms with Gasteiger partial charge in [0.15, 0.2) is 0 Å². The second kappa shape index (κ2) is 5.18. The van der Waals surface area contributed by atoms with Crippen LogP contribution in [0.5, 0.6) is 0 Å². The molecule has 2 N–H and O–H groups in total. The zero-order chi connectivity index (χ0) is 10.5. The quantitative estimate of drug-likeness (QED) is 0.804. The van der Waals surface area contributed by atoms with Crippen LogP contribution in [0.25, 0.3) is 0 Å². The molecule has 0 saturated heterocycles. The third-order valence-electron chi connectivity index (χ3n) is 2.53. The molecule has 1 amide bonds. The van der Waals surface area contributed by atoms with Crippen LogP contribution in [0.1, 0.15) is 25.7 Å². The molecular weight excluding hydrogens is 212 g/mol. The van der Waals surface area contributed by atoms with E-state index in [-0.39, 0.29) is 5.91 Å². The van der Waals surface area contributed by atoms with Gasteiger partial charge in [-0.3, -0.25) is 4.79 Å². The van der Waals surface area contributed by atoms with E-state index < -0.39 is 0 Å². The molecule has 2 rings (SSSR count). The molecule has 1 aliphatic rings. The first-order valence-corrected chi connectivity index (χ1v) is 5.92. The van der Waals surface area contributed by atoms with Gasteiger partial charge in [0.2, 0.25) is 5.91 Å². The van der Waals surface area contributed by atoms with Gasteiger partial charge in [0, 0.05) is 17.6 Å². The number of rotatable bonds is 4. The minimum atomic E-state index is -0.0204. The Morgan fingerprint density at radius 2 is 2.33 bits per heavy atom. The van der Waals surface area contributed by atoms with Crippen molar-refractivity contribution in [1.82, 2.24) is 14.9 Å². The molecule has 1 aromatic heterocycles. The van der Waals surface area contributed by atoms with Crippen molar-refractivity contribution in [2.45, 2.75) is 31.7 Å². The third-order valence-corrected chi connectivity index (χ3v) is 3.11. The van der Waals surface area contributed by atoms with Gasteiger partial charge in [0.25, 0.3) is 0 Å². The smallest absolute Gasteiger partial charge is 0.239 e. The lowest BCUT2D eigenvalue weighted by Gasteiger charge is -2.10. The van der Waals surface area contributed by atoms with Crippen LogP contribution in [0.2, 0.25) is 0 Å². The molecule has 1 heterocycles. The number of nitrogens with one attached hydrogen (secondary N) is 2. The van der Waals surface area contributed by atoms with Crippen LogP contribution in [0.3, 0.4) is 0 Å². The molecule has 0 aliphatic heterocycles. The molecule has 0 spiro atoms. The van der Waals surface area contributed by atoms with Crippen molar-refractivity contribution in [3.63, 3.8) is 0 Å². The molecule has 0 bridgehead atoms.